The van der Waals surface area contributed by atoms with E-state index in [1.165, 1.54) is 0 Å². The quantitative estimate of drug-likeness (QED) is 0.728. The molecule has 0 bridgehead atoms. The van der Waals surface area contributed by atoms with E-state index in [0.717, 1.165) is 10.9 Å². The third kappa shape index (κ3) is 3.94. The fraction of sp³-hybridized carbons (Fsp3) is 0.214. The molecule has 0 aliphatic rings. The molecule has 0 spiro atoms. The number of aromatic nitrogens is 1. The molecule has 2 amide bonds. The number of carboxylic acids is 1. The van der Waals surface area contributed by atoms with Gasteiger partial charge < -0.3 is 15.7 Å². The number of nitrogens with zero attached hydrogens (tertiary/aromatic N) is 1. The molecule has 1 aromatic heterocycles. The van der Waals surface area contributed by atoms with Crippen molar-refractivity contribution in [1.82, 2.24) is 10.3 Å². The number of carboxylic acid groups (broad SMARTS) is 1. The maximum Gasteiger partial charge on any atom is 0.319 e. The molecule has 0 saturated carbocycles. The van der Waals surface area contributed by atoms with Crippen LogP contribution in [0.1, 0.15) is 12.8 Å². The highest BCUT2D eigenvalue weighted by Crippen LogP contribution is 2.15. The number of urea groups is 1. The molecule has 1 heterocycles. The molecular weight excluding hydrogens is 258 g/mol. The van der Waals surface area contributed by atoms with Crippen molar-refractivity contribution in [3.05, 3.63) is 36.5 Å². The lowest BCUT2D eigenvalue weighted by Gasteiger charge is -2.07. The van der Waals surface area contributed by atoms with Crippen LogP contribution in [0.5, 0.6) is 0 Å². The number of amides is 2. The number of aliphatic carboxylic acids is 1. The first-order valence-corrected chi connectivity index (χ1v) is 6.26. The minimum atomic E-state index is -0.870. The van der Waals surface area contributed by atoms with Crippen LogP contribution in [-0.4, -0.2) is 28.6 Å². The number of para-hydroxylation sites is 1. The minimum Gasteiger partial charge on any atom is -0.481 e. The molecule has 0 unspecified atom stereocenters. The lowest BCUT2D eigenvalue weighted by atomic mass is 10.2. The highest BCUT2D eigenvalue weighted by Gasteiger charge is 2.03. The Kier molecular flexibility index (Phi) is 4.49. The van der Waals surface area contributed by atoms with Crippen molar-refractivity contribution in [1.29, 1.82) is 0 Å². The maximum atomic E-state index is 11.6. The second-order valence-electron chi connectivity index (χ2n) is 4.29. The third-order valence-electron chi connectivity index (χ3n) is 2.70. The molecule has 0 aliphatic heterocycles. The second-order valence-corrected chi connectivity index (χ2v) is 4.29. The zero-order chi connectivity index (χ0) is 14.4. The third-order valence-corrected chi connectivity index (χ3v) is 2.70. The van der Waals surface area contributed by atoms with Crippen LogP contribution in [0.25, 0.3) is 10.9 Å². The number of hydrogen-bond donors (Lipinski definition) is 3. The van der Waals surface area contributed by atoms with Gasteiger partial charge in [0.15, 0.2) is 0 Å². The Morgan fingerprint density at radius 2 is 2.05 bits per heavy atom. The van der Waals surface area contributed by atoms with E-state index in [1.807, 2.05) is 30.3 Å². The molecule has 0 fully saturated rings. The first-order valence-electron chi connectivity index (χ1n) is 6.26. The summed E-state index contributed by atoms with van der Waals surface area (Å²) >= 11 is 0. The number of nitrogens with one attached hydrogen (secondary N) is 2. The van der Waals surface area contributed by atoms with Crippen molar-refractivity contribution in [2.24, 2.45) is 0 Å². The number of carbonyl (C=O) groups is 2. The van der Waals surface area contributed by atoms with E-state index in [4.69, 9.17) is 5.11 Å². The van der Waals surface area contributed by atoms with Crippen molar-refractivity contribution in [3.63, 3.8) is 0 Å². The first kappa shape index (κ1) is 13.8. The Balaban J connectivity index is 1.88. The summed E-state index contributed by atoms with van der Waals surface area (Å²) in [5.74, 6) is -0.870. The van der Waals surface area contributed by atoms with E-state index < -0.39 is 5.97 Å². The molecule has 6 heteroatoms. The molecule has 0 atom stereocenters. The van der Waals surface area contributed by atoms with Crippen molar-refractivity contribution in [2.75, 3.05) is 11.9 Å². The fourth-order valence-electron chi connectivity index (χ4n) is 1.76. The van der Waals surface area contributed by atoms with E-state index in [0.29, 0.717) is 18.7 Å². The number of benzene rings is 1. The number of rotatable bonds is 5. The maximum absolute atomic E-state index is 11.6. The highest BCUT2D eigenvalue weighted by atomic mass is 16.4. The lowest BCUT2D eigenvalue weighted by molar-refractivity contribution is -0.137. The Bertz CT molecular complexity index is 628. The molecule has 2 aromatic rings. The predicted octanol–water partition coefficient (Wildman–Crippen LogP) is 2.22. The average Bonchev–Trinajstić information content (AvgIpc) is 2.43. The number of fused-ring (bicyclic) bond motifs is 1. The molecule has 0 aliphatic carbocycles. The monoisotopic (exact) mass is 273 g/mol. The summed E-state index contributed by atoms with van der Waals surface area (Å²) in [5.41, 5.74) is 1.46. The number of anilines is 1. The van der Waals surface area contributed by atoms with Gasteiger partial charge in [0.25, 0.3) is 0 Å². The van der Waals surface area contributed by atoms with Crippen molar-refractivity contribution in [2.45, 2.75) is 12.8 Å². The van der Waals surface area contributed by atoms with Crippen LogP contribution in [0.3, 0.4) is 0 Å². The van der Waals surface area contributed by atoms with Gasteiger partial charge in [0.2, 0.25) is 0 Å². The normalized spacial score (nSPS) is 10.2. The Labute approximate surface area is 115 Å². The van der Waals surface area contributed by atoms with Gasteiger partial charge in [-0.1, -0.05) is 18.2 Å². The van der Waals surface area contributed by atoms with E-state index in [1.54, 1.807) is 6.20 Å². The van der Waals surface area contributed by atoms with Crippen LogP contribution in [-0.2, 0) is 4.79 Å². The highest BCUT2D eigenvalue weighted by molar-refractivity contribution is 5.91. The first-order chi connectivity index (χ1) is 9.65. The summed E-state index contributed by atoms with van der Waals surface area (Å²) in [5, 5.41) is 14.7. The van der Waals surface area contributed by atoms with Crippen LogP contribution in [0.15, 0.2) is 36.5 Å². The van der Waals surface area contributed by atoms with E-state index >= 15 is 0 Å². The van der Waals surface area contributed by atoms with Crippen molar-refractivity contribution >= 4 is 28.6 Å². The predicted molar refractivity (Wildman–Crippen MR) is 75.6 cm³/mol. The van der Waals surface area contributed by atoms with Crippen LogP contribution in [0, 0.1) is 0 Å². The summed E-state index contributed by atoms with van der Waals surface area (Å²) in [7, 11) is 0. The average molecular weight is 273 g/mol. The van der Waals surface area contributed by atoms with Gasteiger partial charge in [0, 0.05) is 18.4 Å². The molecule has 3 N–H and O–H groups in total. The van der Waals surface area contributed by atoms with Crippen LogP contribution >= 0.6 is 0 Å². The second kappa shape index (κ2) is 6.51. The molecule has 0 radical (unpaired) electrons. The van der Waals surface area contributed by atoms with Crippen molar-refractivity contribution in [3.8, 4) is 0 Å². The van der Waals surface area contributed by atoms with Gasteiger partial charge in [0.1, 0.15) is 0 Å². The number of carbonyl (C=O) groups excluding carboxylic acids is 1. The van der Waals surface area contributed by atoms with Crippen LogP contribution < -0.4 is 10.6 Å². The Morgan fingerprint density at radius 1 is 1.25 bits per heavy atom. The Hall–Kier alpha value is -2.63. The molecule has 1 aromatic carbocycles. The SMILES string of the molecule is O=C(O)CCCNC(=O)Nc1cnc2ccccc2c1. The fourth-order valence-corrected chi connectivity index (χ4v) is 1.76. The molecule has 2 rings (SSSR count). The molecule has 104 valence electrons. The van der Waals surface area contributed by atoms with Gasteiger partial charge in [-0.2, -0.15) is 0 Å². The Morgan fingerprint density at radius 3 is 2.85 bits per heavy atom. The van der Waals surface area contributed by atoms with Gasteiger partial charge >= 0.3 is 12.0 Å². The molecule has 6 nitrogen and oxygen atoms in total. The summed E-state index contributed by atoms with van der Waals surface area (Å²) in [6.07, 6.45) is 2.02. The largest absolute Gasteiger partial charge is 0.481 e. The smallest absolute Gasteiger partial charge is 0.319 e. The number of pyridine rings is 1. The van der Waals surface area contributed by atoms with Gasteiger partial charge in [0.05, 0.1) is 17.4 Å². The molecular formula is C14H15N3O3. The summed E-state index contributed by atoms with van der Waals surface area (Å²) in [6.45, 7) is 0.319. The van der Waals surface area contributed by atoms with E-state index in [-0.39, 0.29) is 12.5 Å². The van der Waals surface area contributed by atoms with Crippen LogP contribution in [0.4, 0.5) is 10.5 Å². The summed E-state index contributed by atoms with van der Waals surface area (Å²) < 4.78 is 0. The molecule has 0 saturated heterocycles. The zero-order valence-corrected chi connectivity index (χ0v) is 10.8. The van der Waals surface area contributed by atoms with Gasteiger partial charge in [-0.25, -0.2) is 4.79 Å². The standard InChI is InChI=1S/C14H15N3O3/c18-13(19)6-3-7-15-14(20)17-11-8-10-4-1-2-5-12(10)16-9-11/h1-2,4-5,8-9H,3,6-7H2,(H,18,19)(H2,15,17,20). The van der Waals surface area contributed by atoms with Gasteiger partial charge in [-0.15, -0.1) is 0 Å². The van der Waals surface area contributed by atoms with E-state index in [9.17, 15) is 9.59 Å². The molecule has 20 heavy (non-hydrogen) atoms. The van der Waals surface area contributed by atoms with Gasteiger partial charge in [-0.3, -0.25) is 9.78 Å². The lowest BCUT2D eigenvalue weighted by Crippen LogP contribution is -2.29. The van der Waals surface area contributed by atoms with Crippen molar-refractivity contribution < 1.29 is 14.7 Å². The summed E-state index contributed by atoms with van der Waals surface area (Å²) in [6, 6.07) is 9.08. The van der Waals surface area contributed by atoms with E-state index in [2.05, 4.69) is 15.6 Å². The topological polar surface area (TPSA) is 91.3 Å². The number of hydrogen-bond acceptors (Lipinski definition) is 3. The summed E-state index contributed by atoms with van der Waals surface area (Å²) in [4.78, 5) is 26.2. The van der Waals surface area contributed by atoms with Crippen LogP contribution in [0.2, 0.25) is 0 Å². The minimum absolute atomic E-state index is 0.0395. The zero-order valence-electron chi connectivity index (χ0n) is 10.8. The van der Waals surface area contributed by atoms with Gasteiger partial charge in [-0.05, 0) is 18.6 Å².